The predicted octanol–water partition coefficient (Wildman–Crippen LogP) is 0.754. The van der Waals surface area contributed by atoms with E-state index >= 15 is 0 Å². The lowest BCUT2D eigenvalue weighted by Gasteiger charge is -2.31. The SMILES string of the molecule is CC1(C)CCCN1C(=N)N. The molecule has 10 heavy (non-hydrogen) atoms. The number of likely N-dealkylation sites (tertiary alicyclic amines) is 1. The van der Waals surface area contributed by atoms with Gasteiger partial charge in [-0.25, -0.2) is 0 Å². The molecule has 0 bridgehead atoms. The van der Waals surface area contributed by atoms with E-state index in [2.05, 4.69) is 13.8 Å². The number of guanidine groups is 1. The molecule has 1 saturated heterocycles. The van der Waals surface area contributed by atoms with Crippen LogP contribution in [0.5, 0.6) is 0 Å². The first-order valence-corrected chi connectivity index (χ1v) is 3.66. The summed E-state index contributed by atoms with van der Waals surface area (Å²) in [5.74, 6) is 0.211. The first-order valence-electron chi connectivity index (χ1n) is 3.66. The Hall–Kier alpha value is -0.730. The smallest absolute Gasteiger partial charge is 0.188 e. The molecule has 0 atom stereocenters. The van der Waals surface area contributed by atoms with Crippen molar-refractivity contribution in [1.29, 1.82) is 5.41 Å². The molecule has 3 N–H and O–H groups in total. The van der Waals surface area contributed by atoms with E-state index in [-0.39, 0.29) is 11.5 Å². The van der Waals surface area contributed by atoms with E-state index in [1.54, 1.807) is 0 Å². The molecule has 58 valence electrons. The van der Waals surface area contributed by atoms with Gasteiger partial charge in [-0.2, -0.15) is 0 Å². The standard InChI is InChI=1S/C7H15N3/c1-7(2)4-3-5-10(7)6(8)9/h3-5H2,1-2H3,(H3,8,9). The molecule has 0 unspecified atom stereocenters. The molecular weight excluding hydrogens is 126 g/mol. The molecule has 0 aromatic rings. The van der Waals surface area contributed by atoms with E-state index in [1.807, 2.05) is 4.90 Å². The molecule has 1 heterocycles. The minimum Gasteiger partial charge on any atom is -0.370 e. The molecule has 1 rings (SSSR count). The fraction of sp³-hybridized carbons (Fsp3) is 0.857. The van der Waals surface area contributed by atoms with Gasteiger partial charge < -0.3 is 10.6 Å². The number of rotatable bonds is 0. The Morgan fingerprint density at radius 2 is 2.20 bits per heavy atom. The highest BCUT2D eigenvalue weighted by Gasteiger charge is 2.32. The highest BCUT2D eigenvalue weighted by atomic mass is 15.3. The quantitative estimate of drug-likeness (QED) is 0.386. The monoisotopic (exact) mass is 141 g/mol. The first kappa shape index (κ1) is 7.38. The van der Waals surface area contributed by atoms with Crippen LogP contribution in [0.1, 0.15) is 26.7 Å². The minimum atomic E-state index is 0.117. The molecular formula is C7H15N3. The Labute approximate surface area is 61.7 Å². The predicted molar refractivity (Wildman–Crippen MR) is 41.9 cm³/mol. The molecule has 0 amide bonds. The molecule has 0 spiro atoms. The van der Waals surface area contributed by atoms with Crippen LogP contribution in [0.2, 0.25) is 0 Å². The van der Waals surface area contributed by atoms with Crippen molar-refractivity contribution in [3.05, 3.63) is 0 Å². The van der Waals surface area contributed by atoms with E-state index in [0.717, 1.165) is 19.4 Å². The van der Waals surface area contributed by atoms with Gasteiger partial charge in [-0.3, -0.25) is 5.41 Å². The summed E-state index contributed by atoms with van der Waals surface area (Å²) in [7, 11) is 0. The fourth-order valence-corrected chi connectivity index (χ4v) is 1.55. The Morgan fingerprint density at radius 1 is 1.60 bits per heavy atom. The lowest BCUT2D eigenvalue weighted by atomic mass is 10.0. The van der Waals surface area contributed by atoms with Gasteiger partial charge in [0.25, 0.3) is 0 Å². The number of hydrogen-bond acceptors (Lipinski definition) is 1. The second kappa shape index (κ2) is 2.15. The highest BCUT2D eigenvalue weighted by Crippen LogP contribution is 2.26. The molecule has 1 fully saturated rings. The maximum Gasteiger partial charge on any atom is 0.188 e. The van der Waals surface area contributed by atoms with E-state index in [9.17, 15) is 0 Å². The lowest BCUT2D eigenvalue weighted by Crippen LogP contribution is -2.46. The van der Waals surface area contributed by atoms with Gasteiger partial charge in [-0.05, 0) is 26.7 Å². The van der Waals surface area contributed by atoms with Crippen LogP contribution in [0.15, 0.2) is 0 Å². The van der Waals surface area contributed by atoms with Gasteiger partial charge in [-0.15, -0.1) is 0 Å². The van der Waals surface area contributed by atoms with Crippen LogP contribution in [-0.4, -0.2) is 22.9 Å². The number of nitrogens with two attached hydrogens (primary N) is 1. The summed E-state index contributed by atoms with van der Waals surface area (Å²) in [6, 6.07) is 0. The molecule has 0 aliphatic carbocycles. The maximum absolute atomic E-state index is 7.25. The Kier molecular flexibility index (Phi) is 1.58. The van der Waals surface area contributed by atoms with Gasteiger partial charge >= 0.3 is 0 Å². The van der Waals surface area contributed by atoms with Crippen molar-refractivity contribution in [3.63, 3.8) is 0 Å². The molecule has 0 radical (unpaired) electrons. The van der Waals surface area contributed by atoms with Crippen LogP contribution in [0.25, 0.3) is 0 Å². The molecule has 3 nitrogen and oxygen atoms in total. The van der Waals surface area contributed by atoms with Crippen molar-refractivity contribution >= 4 is 5.96 Å². The van der Waals surface area contributed by atoms with Crippen molar-refractivity contribution in [2.45, 2.75) is 32.2 Å². The van der Waals surface area contributed by atoms with Crippen LogP contribution in [0, 0.1) is 5.41 Å². The minimum absolute atomic E-state index is 0.117. The van der Waals surface area contributed by atoms with Crippen molar-refractivity contribution in [1.82, 2.24) is 4.90 Å². The third-order valence-corrected chi connectivity index (χ3v) is 2.19. The van der Waals surface area contributed by atoms with E-state index in [4.69, 9.17) is 11.1 Å². The Morgan fingerprint density at radius 3 is 2.40 bits per heavy atom. The van der Waals surface area contributed by atoms with Gasteiger partial charge in [0.05, 0.1) is 0 Å². The van der Waals surface area contributed by atoms with Crippen LogP contribution in [0.3, 0.4) is 0 Å². The van der Waals surface area contributed by atoms with Crippen LogP contribution >= 0.6 is 0 Å². The normalized spacial score (nSPS) is 23.2. The molecule has 0 saturated carbocycles. The third-order valence-electron chi connectivity index (χ3n) is 2.19. The van der Waals surface area contributed by atoms with Crippen molar-refractivity contribution in [3.8, 4) is 0 Å². The van der Waals surface area contributed by atoms with Crippen LogP contribution < -0.4 is 5.73 Å². The molecule has 3 heteroatoms. The van der Waals surface area contributed by atoms with Crippen molar-refractivity contribution in [2.24, 2.45) is 5.73 Å². The topological polar surface area (TPSA) is 53.1 Å². The van der Waals surface area contributed by atoms with E-state index in [1.165, 1.54) is 0 Å². The van der Waals surface area contributed by atoms with E-state index < -0.39 is 0 Å². The zero-order chi connectivity index (χ0) is 7.78. The summed E-state index contributed by atoms with van der Waals surface area (Å²) >= 11 is 0. The molecule has 1 aliphatic rings. The van der Waals surface area contributed by atoms with Gasteiger partial charge in [0.15, 0.2) is 5.96 Å². The number of nitrogens with one attached hydrogen (secondary N) is 1. The average molecular weight is 141 g/mol. The molecule has 0 aromatic heterocycles. The van der Waals surface area contributed by atoms with Crippen LogP contribution in [-0.2, 0) is 0 Å². The van der Waals surface area contributed by atoms with Gasteiger partial charge in [0.2, 0.25) is 0 Å². The first-order chi connectivity index (χ1) is 4.54. The summed E-state index contributed by atoms with van der Waals surface area (Å²) in [6.45, 7) is 5.20. The van der Waals surface area contributed by atoms with Crippen molar-refractivity contribution in [2.75, 3.05) is 6.54 Å². The van der Waals surface area contributed by atoms with Gasteiger partial charge in [0.1, 0.15) is 0 Å². The zero-order valence-corrected chi connectivity index (χ0v) is 6.65. The van der Waals surface area contributed by atoms with Gasteiger partial charge in [0, 0.05) is 12.1 Å². The fourth-order valence-electron chi connectivity index (χ4n) is 1.55. The third kappa shape index (κ3) is 1.08. The summed E-state index contributed by atoms with van der Waals surface area (Å²) in [6.07, 6.45) is 2.30. The maximum atomic E-state index is 7.25. The number of nitrogens with zero attached hydrogens (tertiary/aromatic N) is 1. The Bertz CT molecular complexity index is 151. The second-order valence-corrected chi connectivity index (χ2v) is 3.45. The summed E-state index contributed by atoms with van der Waals surface area (Å²) in [4.78, 5) is 1.95. The van der Waals surface area contributed by atoms with Gasteiger partial charge in [-0.1, -0.05) is 0 Å². The largest absolute Gasteiger partial charge is 0.370 e. The summed E-state index contributed by atoms with van der Waals surface area (Å²) in [5, 5.41) is 7.25. The number of hydrogen-bond donors (Lipinski definition) is 2. The second-order valence-electron chi connectivity index (χ2n) is 3.45. The highest BCUT2D eigenvalue weighted by molar-refractivity contribution is 5.75. The van der Waals surface area contributed by atoms with Crippen molar-refractivity contribution < 1.29 is 0 Å². The Balaban J connectivity index is 2.68. The average Bonchev–Trinajstić information content (AvgIpc) is 2.08. The lowest BCUT2D eigenvalue weighted by molar-refractivity contribution is 0.277. The molecule has 0 aromatic carbocycles. The summed E-state index contributed by atoms with van der Waals surface area (Å²) in [5.41, 5.74) is 5.50. The zero-order valence-electron chi connectivity index (χ0n) is 6.65. The summed E-state index contributed by atoms with van der Waals surface area (Å²) < 4.78 is 0. The van der Waals surface area contributed by atoms with Crippen LogP contribution in [0.4, 0.5) is 0 Å². The van der Waals surface area contributed by atoms with E-state index in [0.29, 0.717) is 0 Å². The molecule has 1 aliphatic heterocycles.